The largest absolute Gasteiger partial charge is 0.547 e. The minimum absolute atomic E-state index is 0.140. The van der Waals surface area contributed by atoms with Crippen molar-refractivity contribution in [3.05, 3.63) is 79.3 Å². The van der Waals surface area contributed by atoms with Gasteiger partial charge < -0.3 is 4.81 Å². The van der Waals surface area contributed by atoms with Gasteiger partial charge in [-0.1, -0.05) is 6.08 Å². The molecule has 0 saturated heterocycles. The third-order valence-corrected chi connectivity index (χ3v) is 4.30. The van der Waals surface area contributed by atoms with Crippen LogP contribution < -0.4 is 4.68 Å². The van der Waals surface area contributed by atoms with Crippen LogP contribution in [0.25, 0.3) is 0 Å². The Balaban J connectivity index is 1.64. The SMILES string of the molecule is CC1C(C[n+]2ccc[nH]2)=CC=CN1B(n1cccn1)n1cccn1. The lowest BCUT2D eigenvalue weighted by molar-refractivity contribution is -0.743. The second-order valence-corrected chi connectivity index (χ2v) is 5.79. The van der Waals surface area contributed by atoms with Crippen molar-refractivity contribution in [1.29, 1.82) is 0 Å². The predicted octanol–water partition coefficient (Wildman–Crippen LogP) is 0.921. The topological polar surface area (TPSA) is 58.5 Å². The van der Waals surface area contributed by atoms with E-state index in [2.05, 4.69) is 50.1 Å². The number of nitrogens with one attached hydrogen (secondary N) is 1. The molecule has 0 fully saturated rings. The summed E-state index contributed by atoms with van der Waals surface area (Å²) < 4.78 is 5.90. The number of allylic oxidation sites excluding steroid dienone is 2. The van der Waals surface area contributed by atoms with Gasteiger partial charge in [0.05, 0.1) is 6.20 Å². The van der Waals surface area contributed by atoms with Crippen LogP contribution in [0.3, 0.4) is 0 Å². The van der Waals surface area contributed by atoms with Gasteiger partial charge in [-0.3, -0.25) is 9.19 Å². The zero-order valence-corrected chi connectivity index (χ0v) is 13.5. The molecule has 0 spiro atoms. The molecule has 0 amide bonds. The van der Waals surface area contributed by atoms with E-state index in [1.54, 1.807) is 12.4 Å². The molecule has 3 aromatic rings. The van der Waals surface area contributed by atoms with Gasteiger partial charge in [0.15, 0.2) is 12.7 Å². The predicted molar refractivity (Wildman–Crippen MR) is 90.5 cm³/mol. The Morgan fingerprint density at radius 1 is 1.17 bits per heavy atom. The van der Waals surface area contributed by atoms with E-state index in [9.17, 15) is 0 Å². The highest BCUT2D eigenvalue weighted by molar-refractivity contribution is 6.52. The summed E-state index contributed by atoms with van der Waals surface area (Å²) in [6, 6.07) is 6.07. The van der Waals surface area contributed by atoms with Crippen LogP contribution in [-0.4, -0.2) is 42.5 Å². The fourth-order valence-corrected chi connectivity index (χ4v) is 3.04. The number of aromatic amines is 1. The molecule has 1 N–H and O–H groups in total. The lowest BCUT2D eigenvalue weighted by Gasteiger charge is -2.34. The zero-order valence-electron chi connectivity index (χ0n) is 13.5. The fraction of sp³-hybridized carbons (Fsp3) is 0.188. The Morgan fingerprint density at radius 2 is 1.92 bits per heavy atom. The molecule has 4 rings (SSSR count). The summed E-state index contributed by atoms with van der Waals surface area (Å²) in [6.07, 6.45) is 17.8. The van der Waals surface area contributed by atoms with Gasteiger partial charge in [0, 0.05) is 42.5 Å². The molecule has 3 aromatic heterocycles. The molecule has 0 aliphatic carbocycles. The average molecular weight is 320 g/mol. The van der Waals surface area contributed by atoms with E-state index in [0.29, 0.717) is 0 Å². The number of H-pyrrole nitrogens is 1. The van der Waals surface area contributed by atoms with E-state index in [1.807, 2.05) is 52.2 Å². The lowest BCUT2D eigenvalue weighted by Crippen LogP contribution is -2.54. The molecule has 0 radical (unpaired) electrons. The van der Waals surface area contributed by atoms with Gasteiger partial charge in [0.2, 0.25) is 0 Å². The molecule has 8 heteroatoms. The molecule has 1 aliphatic heterocycles. The Kier molecular flexibility index (Phi) is 3.78. The van der Waals surface area contributed by atoms with Gasteiger partial charge in [0.25, 0.3) is 0 Å². The molecule has 120 valence electrons. The first kappa shape index (κ1) is 14.6. The minimum atomic E-state index is -0.140. The van der Waals surface area contributed by atoms with Crippen LogP contribution in [0.15, 0.2) is 79.3 Å². The summed E-state index contributed by atoms with van der Waals surface area (Å²) in [6.45, 7) is 3.03. The van der Waals surface area contributed by atoms with Crippen LogP contribution in [0.4, 0.5) is 0 Å². The number of hydrogen-bond acceptors (Lipinski definition) is 3. The van der Waals surface area contributed by atoms with E-state index in [1.165, 1.54) is 5.57 Å². The van der Waals surface area contributed by atoms with Crippen molar-refractivity contribution in [2.24, 2.45) is 0 Å². The van der Waals surface area contributed by atoms with Gasteiger partial charge in [-0.2, -0.15) is 15.3 Å². The molecular weight excluding hydrogens is 301 g/mol. The highest BCUT2D eigenvalue weighted by atomic mass is 15.4. The standard InChI is InChI=1S/C16H18BN7/c1-15-16(14-21-10-3-7-18-21)6-2-11-22(15)17(23-12-4-8-19-23)24-13-5-9-20-24/h2-13,15H,14H2,1H3/p+1. The van der Waals surface area contributed by atoms with Crippen LogP contribution in [-0.2, 0) is 6.54 Å². The first-order valence-electron chi connectivity index (χ1n) is 7.99. The summed E-state index contributed by atoms with van der Waals surface area (Å²) in [5.41, 5.74) is 1.31. The van der Waals surface area contributed by atoms with Crippen molar-refractivity contribution in [1.82, 2.24) is 29.3 Å². The molecule has 0 saturated carbocycles. The van der Waals surface area contributed by atoms with E-state index in [0.717, 1.165) is 6.54 Å². The van der Waals surface area contributed by atoms with Crippen molar-refractivity contribution in [2.45, 2.75) is 19.5 Å². The Morgan fingerprint density at radius 3 is 2.50 bits per heavy atom. The first-order chi connectivity index (χ1) is 11.8. The van der Waals surface area contributed by atoms with Gasteiger partial charge in [-0.15, -0.1) is 4.68 Å². The quantitative estimate of drug-likeness (QED) is 0.562. The maximum atomic E-state index is 4.43. The Hall–Kier alpha value is -3.03. The molecular formula is C16H19BN7+. The molecule has 4 heterocycles. The average Bonchev–Trinajstić information content (AvgIpc) is 3.34. The zero-order chi connectivity index (χ0) is 16.4. The summed E-state index contributed by atoms with van der Waals surface area (Å²) in [5, 5.41) is 12.1. The summed E-state index contributed by atoms with van der Waals surface area (Å²) in [5.74, 6) is 0. The van der Waals surface area contributed by atoms with Crippen molar-refractivity contribution in [3.63, 3.8) is 0 Å². The highest BCUT2D eigenvalue weighted by Gasteiger charge is 2.35. The Labute approximate surface area is 140 Å². The Bertz CT molecular complexity index is 784. The molecule has 0 bridgehead atoms. The second kappa shape index (κ2) is 6.23. The van der Waals surface area contributed by atoms with Crippen LogP contribution in [0.1, 0.15) is 6.92 Å². The molecule has 24 heavy (non-hydrogen) atoms. The van der Waals surface area contributed by atoms with Crippen molar-refractivity contribution in [2.75, 3.05) is 0 Å². The maximum absolute atomic E-state index is 4.43. The second-order valence-electron chi connectivity index (χ2n) is 5.79. The molecule has 0 aromatic carbocycles. The van der Waals surface area contributed by atoms with Crippen molar-refractivity contribution >= 4 is 7.12 Å². The van der Waals surface area contributed by atoms with E-state index >= 15 is 0 Å². The van der Waals surface area contributed by atoms with Crippen molar-refractivity contribution < 1.29 is 4.68 Å². The van der Waals surface area contributed by atoms with Gasteiger partial charge in [-0.25, -0.2) is 0 Å². The van der Waals surface area contributed by atoms with Gasteiger partial charge >= 0.3 is 7.12 Å². The first-order valence-corrected chi connectivity index (χ1v) is 7.99. The monoisotopic (exact) mass is 320 g/mol. The number of rotatable bonds is 5. The minimum Gasteiger partial charge on any atom is -0.373 e. The van der Waals surface area contributed by atoms with Crippen LogP contribution in [0, 0.1) is 0 Å². The number of hydrogen-bond donors (Lipinski definition) is 1. The highest BCUT2D eigenvalue weighted by Crippen LogP contribution is 2.19. The van der Waals surface area contributed by atoms with Crippen LogP contribution in [0.5, 0.6) is 0 Å². The van der Waals surface area contributed by atoms with Gasteiger partial charge in [0.1, 0.15) is 0 Å². The molecule has 1 unspecified atom stereocenters. The van der Waals surface area contributed by atoms with Crippen molar-refractivity contribution in [3.8, 4) is 0 Å². The normalized spacial score (nSPS) is 17.1. The molecule has 1 atom stereocenters. The fourth-order valence-electron chi connectivity index (χ4n) is 3.04. The summed E-state index contributed by atoms with van der Waals surface area (Å²) >= 11 is 0. The molecule has 1 aliphatic rings. The number of nitrogens with zero attached hydrogens (tertiary/aromatic N) is 6. The summed E-state index contributed by atoms with van der Waals surface area (Å²) in [7, 11) is -0.140. The van der Waals surface area contributed by atoms with E-state index in [4.69, 9.17) is 0 Å². The van der Waals surface area contributed by atoms with Gasteiger partial charge in [-0.05, 0) is 31.3 Å². The van der Waals surface area contributed by atoms with E-state index < -0.39 is 0 Å². The third kappa shape index (κ3) is 2.66. The summed E-state index contributed by atoms with van der Waals surface area (Å²) in [4.78, 5) is 2.26. The third-order valence-electron chi connectivity index (χ3n) is 4.30. The number of aromatic nitrogens is 6. The molecule has 7 nitrogen and oxygen atoms in total. The van der Waals surface area contributed by atoms with Crippen LogP contribution >= 0.6 is 0 Å². The van der Waals surface area contributed by atoms with E-state index in [-0.39, 0.29) is 13.2 Å². The smallest absolute Gasteiger partial charge is 0.373 e. The maximum Gasteiger partial charge on any atom is 0.547 e. The lowest BCUT2D eigenvalue weighted by atomic mass is 9.85. The van der Waals surface area contributed by atoms with Crippen LogP contribution in [0.2, 0.25) is 0 Å².